The molecule has 4 fully saturated rings. The molecule has 7 nitrogen and oxygen atoms in total. The van der Waals surface area contributed by atoms with Gasteiger partial charge in [-0.05, 0) is 78.0 Å². The van der Waals surface area contributed by atoms with E-state index < -0.39 is 65.3 Å². The largest absolute Gasteiger partial charge is 0.462 e. The molecule has 3 aromatic rings. The average Bonchev–Trinajstić information content (AvgIpc) is 3.38. The molecule has 12 heteroatoms. The maximum Gasteiger partial charge on any atom is 0.407 e. The van der Waals surface area contributed by atoms with Crippen LogP contribution < -0.4 is 10.1 Å². The number of carbonyl (C=O) groups is 3. The topological polar surface area (TPSA) is 90.9 Å². The van der Waals surface area contributed by atoms with Crippen molar-refractivity contribution >= 4 is 18.0 Å². The lowest BCUT2D eigenvalue weighted by atomic mass is 9.55. The molecule has 5 aliphatic carbocycles. The molecule has 3 aromatic carbocycles. The smallest absolute Gasteiger partial charge is 0.407 e. The molecule has 1 N–H and O–H groups in total. The van der Waals surface area contributed by atoms with Crippen molar-refractivity contribution in [2.24, 2.45) is 23.7 Å². The molecule has 47 heavy (non-hydrogen) atoms. The summed E-state index contributed by atoms with van der Waals surface area (Å²) < 4.78 is 85.8. The fourth-order valence-corrected chi connectivity index (χ4v) is 8.26. The summed E-state index contributed by atoms with van der Waals surface area (Å²) in [6.07, 6.45) is 2.49. The summed E-state index contributed by atoms with van der Waals surface area (Å²) in [7, 11) is 0. The number of hydrogen-bond acceptors (Lipinski definition) is 6. The van der Waals surface area contributed by atoms with Gasteiger partial charge in [-0.25, -0.2) is 22.8 Å². The van der Waals surface area contributed by atoms with Gasteiger partial charge in [0.25, 0.3) is 0 Å². The van der Waals surface area contributed by atoms with Crippen LogP contribution >= 0.6 is 0 Å². The van der Waals surface area contributed by atoms with Crippen LogP contribution in [0.4, 0.5) is 26.7 Å². The van der Waals surface area contributed by atoms with Gasteiger partial charge in [0.2, 0.25) is 34.8 Å². The van der Waals surface area contributed by atoms with E-state index in [0.717, 1.165) is 47.9 Å². The Morgan fingerprint density at radius 2 is 1.23 bits per heavy atom. The molecule has 1 amide bonds. The van der Waals surface area contributed by atoms with Crippen molar-refractivity contribution in [1.82, 2.24) is 5.32 Å². The monoisotopic (exact) mass is 655 g/mol. The Morgan fingerprint density at radius 3 is 1.79 bits per heavy atom. The first-order valence-electron chi connectivity index (χ1n) is 15.6. The van der Waals surface area contributed by atoms with Crippen molar-refractivity contribution in [3.05, 3.63) is 88.7 Å². The molecule has 0 heterocycles. The summed E-state index contributed by atoms with van der Waals surface area (Å²) in [4.78, 5) is 39.4. The Labute approximate surface area is 266 Å². The fourth-order valence-electron chi connectivity index (χ4n) is 8.26. The number of ether oxygens (including phenoxy) is 3. The highest BCUT2D eigenvalue weighted by atomic mass is 19.2. The Balaban J connectivity index is 1.08. The predicted molar refractivity (Wildman–Crippen MR) is 155 cm³/mol. The summed E-state index contributed by atoms with van der Waals surface area (Å²) >= 11 is 0. The number of benzene rings is 3. The number of carbonyl (C=O) groups excluding carboxylic acids is 3. The van der Waals surface area contributed by atoms with Crippen molar-refractivity contribution in [1.29, 1.82) is 0 Å². The molecule has 0 radical (unpaired) electrons. The Morgan fingerprint density at radius 1 is 0.723 bits per heavy atom. The second-order valence-electron chi connectivity index (χ2n) is 12.9. The number of halogens is 5. The van der Waals surface area contributed by atoms with E-state index in [2.05, 4.69) is 10.1 Å². The quantitative estimate of drug-likeness (QED) is 0.0929. The van der Waals surface area contributed by atoms with Crippen LogP contribution in [0.25, 0.3) is 11.1 Å². The van der Waals surface area contributed by atoms with E-state index in [1.165, 1.54) is 6.42 Å². The number of alkyl carbamates (subject to hydrolysis) is 1. The van der Waals surface area contributed by atoms with Gasteiger partial charge in [-0.3, -0.25) is 4.79 Å². The van der Waals surface area contributed by atoms with Crippen LogP contribution in [-0.2, 0) is 19.1 Å². The van der Waals surface area contributed by atoms with Crippen molar-refractivity contribution in [3.8, 4) is 16.9 Å². The minimum absolute atomic E-state index is 0.169. The first kappa shape index (κ1) is 31.1. The summed E-state index contributed by atoms with van der Waals surface area (Å²) in [6.45, 7) is -0.169. The van der Waals surface area contributed by atoms with Gasteiger partial charge in [0, 0.05) is 5.92 Å². The average molecular weight is 656 g/mol. The molecule has 0 aliphatic heterocycles. The molecule has 5 aliphatic rings. The molecular weight excluding hydrogens is 625 g/mol. The summed E-state index contributed by atoms with van der Waals surface area (Å²) in [5, 5.41) is 2.18. The molecule has 0 spiro atoms. The summed E-state index contributed by atoms with van der Waals surface area (Å²) in [5.74, 6) is -15.1. The van der Waals surface area contributed by atoms with Crippen LogP contribution in [0, 0.1) is 52.8 Å². The normalized spacial score (nSPS) is 24.3. The molecule has 0 saturated heterocycles. The fraction of sp³-hybridized carbons (Fsp3) is 0.400. The molecule has 8 rings (SSSR count). The van der Waals surface area contributed by atoms with Gasteiger partial charge < -0.3 is 19.5 Å². The lowest BCUT2D eigenvalue weighted by Gasteiger charge is -2.53. The minimum Gasteiger partial charge on any atom is -0.462 e. The SMILES string of the molecule is O=C(C[C@H](NC(=O)OCC1c2ccccc2-c2ccccc21)C(=O)Oc1c(F)c(F)c(F)c(F)c1F)OC1C2CC3CC(C2)CC1C3. The van der Waals surface area contributed by atoms with Gasteiger partial charge in [-0.2, -0.15) is 8.78 Å². The lowest BCUT2D eigenvalue weighted by Crippen LogP contribution is -2.51. The minimum atomic E-state index is -2.44. The van der Waals surface area contributed by atoms with Crippen molar-refractivity contribution in [2.75, 3.05) is 6.61 Å². The molecule has 246 valence electrons. The zero-order valence-electron chi connectivity index (χ0n) is 24.9. The maximum absolute atomic E-state index is 14.4. The number of fused-ring (bicyclic) bond motifs is 3. The zero-order valence-corrected chi connectivity index (χ0v) is 24.9. The molecule has 4 saturated carbocycles. The number of hydrogen-bond donors (Lipinski definition) is 1. The Hall–Kier alpha value is -4.48. The van der Waals surface area contributed by atoms with Gasteiger partial charge >= 0.3 is 18.0 Å². The van der Waals surface area contributed by atoms with Crippen molar-refractivity contribution in [2.45, 2.75) is 56.6 Å². The van der Waals surface area contributed by atoms with E-state index in [1.54, 1.807) is 0 Å². The van der Waals surface area contributed by atoms with Crippen LogP contribution in [0.3, 0.4) is 0 Å². The summed E-state index contributed by atoms with van der Waals surface area (Å²) in [5.41, 5.74) is 3.74. The van der Waals surface area contributed by atoms with E-state index in [0.29, 0.717) is 11.8 Å². The zero-order chi connectivity index (χ0) is 33.0. The van der Waals surface area contributed by atoms with E-state index in [-0.39, 0.29) is 30.5 Å². The highest BCUT2D eigenvalue weighted by Crippen LogP contribution is 2.54. The van der Waals surface area contributed by atoms with Crippen molar-refractivity contribution in [3.63, 3.8) is 0 Å². The number of esters is 2. The maximum atomic E-state index is 14.4. The highest BCUT2D eigenvalue weighted by Gasteiger charge is 2.50. The first-order valence-corrected chi connectivity index (χ1v) is 15.6. The van der Waals surface area contributed by atoms with Gasteiger partial charge in [0.1, 0.15) is 18.8 Å². The van der Waals surface area contributed by atoms with Crippen LogP contribution in [0.15, 0.2) is 48.5 Å². The molecule has 0 aromatic heterocycles. The van der Waals surface area contributed by atoms with E-state index in [1.807, 2.05) is 48.5 Å². The van der Waals surface area contributed by atoms with E-state index in [9.17, 15) is 36.3 Å². The second kappa shape index (κ2) is 12.3. The third kappa shape index (κ3) is 5.72. The molecule has 1 atom stereocenters. The van der Waals surface area contributed by atoms with Gasteiger partial charge in [0.15, 0.2) is 0 Å². The predicted octanol–water partition coefficient (Wildman–Crippen LogP) is 6.95. The van der Waals surface area contributed by atoms with Gasteiger partial charge in [-0.1, -0.05) is 48.5 Å². The third-order valence-electron chi connectivity index (χ3n) is 10.1. The Kier molecular flexibility index (Phi) is 8.13. The number of rotatable bonds is 8. The third-order valence-corrected chi connectivity index (χ3v) is 10.1. The Bertz CT molecular complexity index is 1660. The molecular formula is C35H30F5NO6. The van der Waals surface area contributed by atoms with Crippen LogP contribution in [-0.4, -0.2) is 36.8 Å². The number of nitrogens with one attached hydrogen (secondary N) is 1. The number of amides is 1. The highest BCUT2D eigenvalue weighted by molar-refractivity contribution is 5.87. The second-order valence-corrected chi connectivity index (χ2v) is 12.9. The van der Waals surface area contributed by atoms with Crippen LogP contribution in [0.5, 0.6) is 5.75 Å². The van der Waals surface area contributed by atoms with E-state index in [4.69, 9.17) is 9.47 Å². The lowest BCUT2D eigenvalue weighted by molar-refractivity contribution is -0.172. The summed E-state index contributed by atoms with van der Waals surface area (Å²) in [6, 6.07) is 13.2. The molecule has 4 bridgehead atoms. The van der Waals surface area contributed by atoms with Gasteiger partial charge in [-0.15, -0.1) is 0 Å². The standard InChI is InChI=1S/C35H30F5NO6/c36-27-28(37)30(39)33(31(40)29(27)38)47-34(43)25(14-26(42)46-32-18-10-16-9-17(12-18)13-19(32)11-16)41-35(44)45-15-24-22-7-3-1-5-20(22)21-6-2-4-8-23(21)24/h1-8,16-19,24-25,32H,9-15H2,(H,41,44)/t16?,17?,18?,19?,25-,32?/m0/s1. The van der Waals surface area contributed by atoms with Gasteiger partial charge in [0.05, 0.1) is 6.42 Å². The van der Waals surface area contributed by atoms with Crippen molar-refractivity contribution < 1.29 is 50.5 Å². The molecule has 0 unspecified atom stereocenters. The van der Waals surface area contributed by atoms with Crippen LogP contribution in [0.1, 0.15) is 55.6 Å². The van der Waals surface area contributed by atoms with E-state index >= 15 is 0 Å². The first-order chi connectivity index (χ1) is 22.6. The van der Waals surface area contributed by atoms with Crippen LogP contribution in [0.2, 0.25) is 0 Å².